The molecule has 0 bridgehead atoms. The Labute approximate surface area is 83.0 Å². The van der Waals surface area contributed by atoms with Gasteiger partial charge < -0.3 is 5.11 Å². The number of hydrogen-bond donors (Lipinski definition) is 1. The number of hydrogen-bond acceptors (Lipinski definition) is 2. The van der Waals surface area contributed by atoms with E-state index in [2.05, 4.69) is 11.9 Å². The summed E-state index contributed by atoms with van der Waals surface area (Å²) in [6.07, 6.45) is 0.122. The highest BCUT2D eigenvalue weighted by molar-refractivity contribution is 5.70. The lowest BCUT2D eigenvalue weighted by Crippen LogP contribution is -2.07. The van der Waals surface area contributed by atoms with Crippen molar-refractivity contribution in [3.8, 4) is 0 Å². The van der Waals surface area contributed by atoms with Crippen LogP contribution in [0.15, 0.2) is 18.2 Å². The fourth-order valence-electron chi connectivity index (χ4n) is 1.90. The summed E-state index contributed by atoms with van der Waals surface area (Å²) in [6, 6.07) is 5.95. The van der Waals surface area contributed by atoms with Crippen LogP contribution in [0.1, 0.15) is 16.7 Å². The van der Waals surface area contributed by atoms with Gasteiger partial charge in [0.05, 0.1) is 6.42 Å². The quantitative estimate of drug-likeness (QED) is 0.765. The topological polar surface area (TPSA) is 40.5 Å². The molecule has 0 atom stereocenters. The molecule has 0 aliphatic carbocycles. The fraction of sp³-hybridized carbons (Fsp3) is 0.364. The molecule has 1 N–H and O–H groups in total. The lowest BCUT2D eigenvalue weighted by Gasteiger charge is -2.02. The molecule has 14 heavy (non-hydrogen) atoms. The van der Waals surface area contributed by atoms with Gasteiger partial charge in [-0.1, -0.05) is 18.2 Å². The van der Waals surface area contributed by atoms with Crippen molar-refractivity contribution in [3.63, 3.8) is 0 Å². The van der Waals surface area contributed by atoms with Gasteiger partial charge in [-0.15, -0.1) is 0 Å². The van der Waals surface area contributed by atoms with Gasteiger partial charge in [0.2, 0.25) is 0 Å². The van der Waals surface area contributed by atoms with Crippen LogP contribution in [0.4, 0.5) is 0 Å². The highest BCUT2D eigenvalue weighted by atomic mass is 16.4. The average molecular weight is 191 g/mol. The predicted octanol–water partition coefficient (Wildman–Crippen LogP) is 1.26. The third-order valence-electron chi connectivity index (χ3n) is 2.51. The van der Waals surface area contributed by atoms with E-state index in [1.165, 1.54) is 11.1 Å². The summed E-state index contributed by atoms with van der Waals surface area (Å²) < 4.78 is 0. The second kappa shape index (κ2) is 3.42. The van der Waals surface area contributed by atoms with Gasteiger partial charge in [-0.3, -0.25) is 9.69 Å². The summed E-state index contributed by atoms with van der Waals surface area (Å²) in [7, 11) is 2.07. The zero-order valence-electron chi connectivity index (χ0n) is 8.16. The molecule has 0 fully saturated rings. The van der Waals surface area contributed by atoms with Gasteiger partial charge in [0.1, 0.15) is 0 Å². The zero-order chi connectivity index (χ0) is 10.1. The van der Waals surface area contributed by atoms with Crippen LogP contribution < -0.4 is 0 Å². The highest BCUT2D eigenvalue weighted by Crippen LogP contribution is 2.22. The van der Waals surface area contributed by atoms with E-state index < -0.39 is 5.97 Å². The normalized spacial score (nSPS) is 15.5. The van der Waals surface area contributed by atoms with E-state index in [-0.39, 0.29) is 6.42 Å². The van der Waals surface area contributed by atoms with Crippen molar-refractivity contribution < 1.29 is 9.90 Å². The standard InChI is InChI=1S/C11H13NO2/c1-12-6-9-3-2-8(5-11(13)14)4-10(9)7-12/h2-4H,5-7H2,1H3,(H,13,14). The second-order valence-electron chi connectivity index (χ2n) is 3.85. The summed E-state index contributed by atoms with van der Waals surface area (Å²) >= 11 is 0. The first-order valence-corrected chi connectivity index (χ1v) is 4.66. The molecular weight excluding hydrogens is 178 g/mol. The molecule has 0 spiro atoms. The van der Waals surface area contributed by atoms with E-state index in [1.807, 2.05) is 18.2 Å². The number of carboxylic acids is 1. The third kappa shape index (κ3) is 1.77. The molecule has 0 aromatic heterocycles. The van der Waals surface area contributed by atoms with Crippen LogP contribution in [0.3, 0.4) is 0 Å². The van der Waals surface area contributed by atoms with Crippen molar-refractivity contribution in [2.45, 2.75) is 19.5 Å². The van der Waals surface area contributed by atoms with E-state index in [1.54, 1.807) is 0 Å². The molecular formula is C11H13NO2. The van der Waals surface area contributed by atoms with Gasteiger partial charge in [0.15, 0.2) is 0 Å². The van der Waals surface area contributed by atoms with Crippen LogP contribution in [0.5, 0.6) is 0 Å². The molecule has 1 aromatic carbocycles. The fourth-order valence-corrected chi connectivity index (χ4v) is 1.90. The Morgan fingerprint density at radius 1 is 1.43 bits per heavy atom. The minimum Gasteiger partial charge on any atom is -0.481 e. The molecule has 0 saturated heterocycles. The Morgan fingerprint density at radius 3 is 2.86 bits per heavy atom. The Morgan fingerprint density at radius 2 is 2.14 bits per heavy atom. The first-order valence-electron chi connectivity index (χ1n) is 4.66. The van der Waals surface area contributed by atoms with Crippen molar-refractivity contribution in [2.75, 3.05) is 7.05 Å². The minimum absolute atomic E-state index is 0.122. The van der Waals surface area contributed by atoms with E-state index in [9.17, 15) is 4.79 Å². The van der Waals surface area contributed by atoms with Crippen LogP contribution in [0, 0.1) is 0 Å². The van der Waals surface area contributed by atoms with Gasteiger partial charge in [-0.05, 0) is 23.7 Å². The molecule has 3 heteroatoms. The Hall–Kier alpha value is -1.35. The maximum absolute atomic E-state index is 10.5. The SMILES string of the molecule is CN1Cc2ccc(CC(=O)O)cc2C1. The van der Waals surface area contributed by atoms with Crippen molar-refractivity contribution in [1.29, 1.82) is 0 Å². The number of benzene rings is 1. The molecule has 3 nitrogen and oxygen atoms in total. The Kier molecular flexibility index (Phi) is 2.25. The average Bonchev–Trinajstić information content (AvgIpc) is 2.42. The predicted molar refractivity (Wildman–Crippen MR) is 53.0 cm³/mol. The summed E-state index contributed by atoms with van der Waals surface area (Å²) in [6.45, 7) is 1.91. The van der Waals surface area contributed by atoms with Crippen LogP contribution in [-0.4, -0.2) is 23.0 Å². The van der Waals surface area contributed by atoms with Crippen LogP contribution >= 0.6 is 0 Å². The Bertz CT molecular complexity index is 374. The molecule has 1 heterocycles. The van der Waals surface area contributed by atoms with Crippen LogP contribution in [0.2, 0.25) is 0 Å². The summed E-state index contributed by atoms with van der Waals surface area (Å²) in [5.41, 5.74) is 3.49. The number of carbonyl (C=O) groups is 1. The molecule has 0 unspecified atom stereocenters. The smallest absolute Gasteiger partial charge is 0.307 e. The van der Waals surface area contributed by atoms with E-state index in [0.29, 0.717) is 0 Å². The summed E-state index contributed by atoms with van der Waals surface area (Å²) in [5.74, 6) is -0.767. The van der Waals surface area contributed by atoms with Gasteiger partial charge in [-0.25, -0.2) is 0 Å². The van der Waals surface area contributed by atoms with Crippen LogP contribution in [0.25, 0.3) is 0 Å². The van der Waals surface area contributed by atoms with Gasteiger partial charge in [0, 0.05) is 13.1 Å². The number of rotatable bonds is 2. The summed E-state index contributed by atoms with van der Waals surface area (Å²) in [4.78, 5) is 12.7. The monoisotopic (exact) mass is 191 g/mol. The van der Waals surface area contributed by atoms with Crippen molar-refractivity contribution in [3.05, 3.63) is 34.9 Å². The lowest BCUT2D eigenvalue weighted by molar-refractivity contribution is -0.136. The van der Waals surface area contributed by atoms with E-state index >= 15 is 0 Å². The number of aliphatic carboxylic acids is 1. The summed E-state index contributed by atoms with van der Waals surface area (Å²) in [5, 5.41) is 8.66. The molecule has 1 aliphatic rings. The second-order valence-corrected chi connectivity index (χ2v) is 3.85. The maximum Gasteiger partial charge on any atom is 0.307 e. The van der Waals surface area contributed by atoms with Gasteiger partial charge in [-0.2, -0.15) is 0 Å². The largest absolute Gasteiger partial charge is 0.481 e. The van der Waals surface area contributed by atoms with Gasteiger partial charge in [0.25, 0.3) is 0 Å². The van der Waals surface area contributed by atoms with Crippen molar-refractivity contribution >= 4 is 5.97 Å². The maximum atomic E-state index is 10.5. The minimum atomic E-state index is -0.767. The molecule has 74 valence electrons. The van der Waals surface area contributed by atoms with Crippen molar-refractivity contribution in [1.82, 2.24) is 4.90 Å². The number of fused-ring (bicyclic) bond motifs is 1. The lowest BCUT2D eigenvalue weighted by atomic mass is 10.0. The molecule has 0 radical (unpaired) electrons. The highest BCUT2D eigenvalue weighted by Gasteiger charge is 2.15. The first-order chi connectivity index (χ1) is 6.65. The zero-order valence-corrected chi connectivity index (χ0v) is 8.16. The van der Waals surface area contributed by atoms with Crippen LogP contribution in [-0.2, 0) is 24.3 Å². The molecule has 2 rings (SSSR count). The van der Waals surface area contributed by atoms with E-state index in [0.717, 1.165) is 18.7 Å². The van der Waals surface area contributed by atoms with E-state index in [4.69, 9.17) is 5.11 Å². The number of carboxylic acid groups (broad SMARTS) is 1. The Balaban J connectivity index is 2.24. The number of nitrogens with zero attached hydrogens (tertiary/aromatic N) is 1. The van der Waals surface area contributed by atoms with Crippen molar-refractivity contribution in [2.24, 2.45) is 0 Å². The molecule has 1 aromatic rings. The third-order valence-corrected chi connectivity index (χ3v) is 2.51. The molecule has 0 amide bonds. The first kappa shape index (κ1) is 9.21. The van der Waals surface area contributed by atoms with Gasteiger partial charge >= 0.3 is 5.97 Å². The molecule has 0 saturated carbocycles. The molecule has 1 aliphatic heterocycles.